The third kappa shape index (κ3) is 12.7. The van der Waals surface area contributed by atoms with Crippen LogP contribution in [0.25, 0.3) is 0 Å². The predicted molar refractivity (Wildman–Crippen MR) is 172 cm³/mol. The highest BCUT2D eigenvalue weighted by Gasteiger charge is 2.45. The Morgan fingerprint density at radius 2 is 1.13 bits per heavy atom. The fourth-order valence-corrected chi connectivity index (χ4v) is 4.46. The molecule has 0 aliphatic carbocycles. The van der Waals surface area contributed by atoms with Crippen molar-refractivity contribution in [3.05, 3.63) is 117 Å². The van der Waals surface area contributed by atoms with Gasteiger partial charge in [0.05, 0.1) is 20.6 Å². The van der Waals surface area contributed by atoms with Gasteiger partial charge < -0.3 is 20.1 Å². The van der Waals surface area contributed by atoms with Gasteiger partial charge in [-0.3, -0.25) is 20.2 Å². The van der Waals surface area contributed by atoms with Crippen LogP contribution < -0.4 is 30.7 Å². The molecule has 0 aromatic heterocycles. The van der Waals surface area contributed by atoms with Gasteiger partial charge in [-0.1, -0.05) is 53.0 Å². The zero-order valence-corrected chi connectivity index (χ0v) is 27.8. The van der Waals surface area contributed by atoms with Crippen LogP contribution >= 0.6 is 34.8 Å². The van der Waals surface area contributed by atoms with Gasteiger partial charge in [-0.2, -0.15) is 17.6 Å². The van der Waals surface area contributed by atoms with E-state index in [1.807, 2.05) is 5.32 Å². The van der Waals surface area contributed by atoms with Gasteiger partial charge in [0.1, 0.15) is 22.9 Å². The number of carbonyl (C=O) groups is 4. The van der Waals surface area contributed by atoms with E-state index < -0.39 is 81.5 Å². The summed E-state index contributed by atoms with van der Waals surface area (Å²) in [5, 5.41) is 6.83. The number of ether oxygens (including phenoxy) is 2. The summed E-state index contributed by atoms with van der Waals surface area (Å²) in [6.07, 6.45) is -13.8. The Bertz CT molecular complexity index is 1940. The van der Waals surface area contributed by atoms with E-state index in [4.69, 9.17) is 34.8 Å². The van der Waals surface area contributed by atoms with Crippen LogP contribution in [-0.4, -0.2) is 42.8 Å². The first-order valence-corrected chi connectivity index (χ1v) is 14.9. The van der Waals surface area contributed by atoms with E-state index >= 15 is 0 Å². The summed E-state index contributed by atoms with van der Waals surface area (Å²) >= 11 is 17.1. The van der Waals surface area contributed by atoms with Crippen LogP contribution in [0, 0.1) is 11.6 Å². The molecule has 282 valence electrons. The molecule has 0 heterocycles. The first-order valence-electron chi connectivity index (χ1n) is 13.8. The molecular formula is C31H18Cl3F9N4O6. The summed E-state index contributed by atoms with van der Waals surface area (Å²) < 4.78 is 121. The van der Waals surface area contributed by atoms with Crippen molar-refractivity contribution in [1.82, 2.24) is 10.6 Å². The zero-order valence-electron chi connectivity index (χ0n) is 25.6. The first kappa shape index (κ1) is 42.0. The SMILES string of the molecule is O=C(NC(=O)c1c(F)cccc1F)Nc1cc(Cl)c(OC(F)(F)C(F)F)c(Cl)c1.O=C(NC(=O)c1ccccc1Cl)Nc1ccc(OC(F)(F)F)cc1. The molecule has 0 bridgehead atoms. The summed E-state index contributed by atoms with van der Waals surface area (Å²) in [7, 11) is 0. The molecular weight excluding hydrogens is 802 g/mol. The van der Waals surface area contributed by atoms with Crippen molar-refractivity contribution >= 4 is 70.1 Å². The van der Waals surface area contributed by atoms with Crippen LogP contribution in [0.5, 0.6) is 11.5 Å². The molecule has 22 heteroatoms. The van der Waals surface area contributed by atoms with E-state index in [0.29, 0.717) is 0 Å². The topological polar surface area (TPSA) is 135 Å². The number of nitrogens with one attached hydrogen (secondary N) is 4. The minimum atomic E-state index is -4.88. The van der Waals surface area contributed by atoms with Crippen LogP contribution in [0.2, 0.25) is 15.1 Å². The fourth-order valence-electron chi connectivity index (χ4n) is 3.67. The Morgan fingerprint density at radius 1 is 0.623 bits per heavy atom. The second kappa shape index (κ2) is 17.9. The molecule has 0 spiro atoms. The summed E-state index contributed by atoms with van der Waals surface area (Å²) in [6.45, 7) is 0. The molecule has 4 aromatic rings. The lowest BCUT2D eigenvalue weighted by Gasteiger charge is -2.19. The van der Waals surface area contributed by atoms with Gasteiger partial charge in [0, 0.05) is 11.4 Å². The van der Waals surface area contributed by atoms with Gasteiger partial charge in [0.2, 0.25) is 0 Å². The maximum Gasteiger partial charge on any atom is 0.573 e. The Kier molecular flexibility index (Phi) is 14.2. The standard InChI is InChI=1S/C16H8Cl2F6N2O3.C15H10ClF3N2O3/c17-7-4-6(5-8(18)12(7)29-16(23,24)14(21)22)25-15(28)26-13(27)11-9(19)2-1-3-10(11)20;16-12-4-2-1-3-11(12)13(22)21-14(23)20-9-5-7-10(8-6-9)24-15(17,18)19/h1-5,14H,(H2,25,26,27,28);1-8H,(H2,20,21,22,23). The van der Waals surface area contributed by atoms with E-state index in [1.165, 1.54) is 24.3 Å². The zero-order chi connectivity index (χ0) is 39.7. The number of benzene rings is 4. The predicted octanol–water partition coefficient (Wildman–Crippen LogP) is 9.67. The Balaban J connectivity index is 0.000000290. The smallest absolute Gasteiger partial charge is 0.425 e. The molecule has 6 amide bonds. The Labute approximate surface area is 306 Å². The lowest BCUT2D eigenvalue weighted by molar-refractivity contribution is -0.274. The Hall–Kier alpha value is -5.40. The molecule has 53 heavy (non-hydrogen) atoms. The highest BCUT2D eigenvalue weighted by molar-refractivity contribution is 6.37. The molecule has 0 saturated carbocycles. The number of anilines is 2. The molecule has 10 nitrogen and oxygen atoms in total. The molecule has 4 rings (SSSR count). The first-order chi connectivity index (χ1) is 24.7. The number of halogens is 12. The van der Waals surface area contributed by atoms with Crippen LogP contribution in [0.4, 0.5) is 60.5 Å². The van der Waals surface area contributed by atoms with Gasteiger partial charge >= 0.3 is 31.0 Å². The second-order valence-electron chi connectivity index (χ2n) is 9.70. The monoisotopic (exact) mass is 818 g/mol. The van der Waals surface area contributed by atoms with Crippen molar-refractivity contribution in [3.8, 4) is 11.5 Å². The number of amides is 6. The Morgan fingerprint density at radius 3 is 1.64 bits per heavy atom. The van der Waals surface area contributed by atoms with Crippen LogP contribution in [0.15, 0.2) is 78.9 Å². The van der Waals surface area contributed by atoms with Crippen molar-refractivity contribution in [2.75, 3.05) is 10.6 Å². The van der Waals surface area contributed by atoms with Crippen LogP contribution in [0.1, 0.15) is 20.7 Å². The minimum absolute atomic E-state index is 0.114. The second-order valence-corrected chi connectivity index (χ2v) is 10.9. The number of hydrogen-bond donors (Lipinski definition) is 4. The third-order valence-electron chi connectivity index (χ3n) is 5.86. The summed E-state index contributed by atoms with van der Waals surface area (Å²) in [4.78, 5) is 47.2. The van der Waals surface area contributed by atoms with Crippen LogP contribution in [0.3, 0.4) is 0 Å². The molecule has 4 N–H and O–H groups in total. The van der Waals surface area contributed by atoms with Gasteiger partial charge in [-0.25, -0.2) is 18.4 Å². The number of urea groups is 2. The normalized spacial score (nSPS) is 11.1. The van der Waals surface area contributed by atoms with Crippen molar-refractivity contribution in [2.45, 2.75) is 18.9 Å². The van der Waals surface area contributed by atoms with Gasteiger partial charge in [-0.15, -0.1) is 13.2 Å². The number of imide groups is 2. The number of carbonyl (C=O) groups excluding carboxylic acids is 4. The van der Waals surface area contributed by atoms with Gasteiger partial charge in [0.15, 0.2) is 5.75 Å². The molecule has 0 aliphatic rings. The summed E-state index contributed by atoms with van der Waals surface area (Å²) in [5.41, 5.74) is -0.999. The number of hydrogen-bond acceptors (Lipinski definition) is 6. The molecule has 0 fully saturated rings. The van der Waals surface area contributed by atoms with Gasteiger partial charge in [-0.05, 0) is 60.7 Å². The van der Waals surface area contributed by atoms with Crippen molar-refractivity contribution in [3.63, 3.8) is 0 Å². The van der Waals surface area contributed by atoms with E-state index in [0.717, 1.165) is 42.5 Å². The largest absolute Gasteiger partial charge is 0.573 e. The van der Waals surface area contributed by atoms with E-state index in [9.17, 15) is 58.7 Å². The molecule has 4 aromatic carbocycles. The van der Waals surface area contributed by atoms with E-state index in [-0.39, 0.29) is 22.0 Å². The summed E-state index contributed by atoms with van der Waals surface area (Å²) in [5.74, 6) is -5.97. The lowest BCUT2D eigenvalue weighted by atomic mass is 10.2. The molecule has 0 radical (unpaired) electrons. The van der Waals surface area contributed by atoms with Crippen molar-refractivity contribution in [1.29, 1.82) is 0 Å². The fraction of sp³-hybridized carbons (Fsp3) is 0.0968. The lowest BCUT2D eigenvalue weighted by Crippen LogP contribution is -2.35. The molecule has 0 unspecified atom stereocenters. The molecule has 0 atom stereocenters. The van der Waals surface area contributed by atoms with Crippen molar-refractivity contribution in [2.24, 2.45) is 0 Å². The van der Waals surface area contributed by atoms with E-state index in [2.05, 4.69) is 20.1 Å². The maximum atomic E-state index is 13.5. The van der Waals surface area contributed by atoms with Gasteiger partial charge in [0.25, 0.3) is 11.8 Å². The molecule has 0 saturated heterocycles. The quantitative estimate of drug-likeness (QED) is 0.131. The minimum Gasteiger partial charge on any atom is -0.425 e. The number of rotatable bonds is 8. The third-order valence-corrected chi connectivity index (χ3v) is 6.75. The van der Waals surface area contributed by atoms with Crippen LogP contribution in [-0.2, 0) is 0 Å². The highest BCUT2D eigenvalue weighted by atomic mass is 35.5. The molecule has 0 aliphatic heterocycles. The van der Waals surface area contributed by atoms with E-state index in [1.54, 1.807) is 17.4 Å². The maximum absolute atomic E-state index is 13.5. The van der Waals surface area contributed by atoms with Crippen molar-refractivity contribution < 1.29 is 68.2 Å². The summed E-state index contributed by atoms with van der Waals surface area (Å²) in [6, 6.07) is 12.7. The number of alkyl halides is 7. The highest BCUT2D eigenvalue weighted by Crippen LogP contribution is 2.40. The average Bonchev–Trinajstić information content (AvgIpc) is 3.03. The average molecular weight is 820 g/mol.